The average Bonchev–Trinajstić information content (AvgIpc) is 2.57. The minimum absolute atomic E-state index is 0.120. The first kappa shape index (κ1) is 12.3. The molecule has 5 heteroatoms. The van der Waals surface area contributed by atoms with Crippen molar-refractivity contribution >= 4 is 17.5 Å². The maximum atomic E-state index is 11.8. The van der Waals surface area contributed by atoms with Crippen molar-refractivity contribution in [1.29, 1.82) is 0 Å². The van der Waals surface area contributed by atoms with Crippen molar-refractivity contribution in [3.63, 3.8) is 0 Å². The van der Waals surface area contributed by atoms with Gasteiger partial charge in [-0.1, -0.05) is 12.1 Å². The number of carbonyl (C=O) groups is 3. The molecule has 94 valence electrons. The molecule has 0 amide bonds. The highest BCUT2D eigenvalue weighted by Crippen LogP contribution is 2.22. The standard InChI is InChI=1S/C13H12O5/c1-7(14)11-12(16)10(18-13(11)17)6-8-2-4-9(15)5-3-8/h2-5,10-11,15H,6H2,1H3. The zero-order valence-electron chi connectivity index (χ0n) is 9.75. The van der Waals surface area contributed by atoms with Crippen molar-refractivity contribution in [3.8, 4) is 5.75 Å². The van der Waals surface area contributed by atoms with Gasteiger partial charge in [0, 0.05) is 6.42 Å². The Morgan fingerprint density at radius 1 is 1.28 bits per heavy atom. The summed E-state index contributed by atoms with van der Waals surface area (Å²) >= 11 is 0. The van der Waals surface area contributed by atoms with Crippen LogP contribution in [0.5, 0.6) is 5.75 Å². The van der Waals surface area contributed by atoms with E-state index in [0.717, 1.165) is 5.56 Å². The molecule has 1 aliphatic rings. The Labute approximate surface area is 103 Å². The monoisotopic (exact) mass is 248 g/mol. The van der Waals surface area contributed by atoms with E-state index in [0.29, 0.717) is 0 Å². The fraction of sp³-hybridized carbons (Fsp3) is 0.308. The van der Waals surface area contributed by atoms with Crippen LogP contribution in [0, 0.1) is 5.92 Å². The summed E-state index contributed by atoms with van der Waals surface area (Å²) in [5.74, 6) is -2.89. The van der Waals surface area contributed by atoms with E-state index in [9.17, 15) is 14.4 Å². The first-order valence-electron chi connectivity index (χ1n) is 5.51. The highest BCUT2D eigenvalue weighted by molar-refractivity contribution is 6.21. The van der Waals surface area contributed by atoms with Crippen molar-refractivity contribution in [2.75, 3.05) is 0 Å². The van der Waals surface area contributed by atoms with Crippen molar-refractivity contribution < 1.29 is 24.2 Å². The number of cyclic esters (lactones) is 1. The van der Waals surface area contributed by atoms with Gasteiger partial charge in [-0.25, -0.2) is 0 Å². The van der Waals surface area contributed by atoms with Gasteiger partial charge in [0.05, 0.1) is 0 Å². The predicted molar refractivity (Wildman–Crippen MR) is 60.9 cm³/mol. The Morgan fingerprint density at radius 2 is 1.89 bits per heavy atom. The van der Waals surface area contributed by atoms with Crippen LogP contribution in [0.15, 0.2) is 24.3 Å². The maximum absolute atomic E-state index is 11.8. The smallest absolute Gasteiger partial charge is 0.325 e. The Bertz CT molecular complexity index is 503. The third kappa shape index (κ3) is 2.25. The fourth-order valence-electron chi connectivity index (χ4n) is 1.92. The first-order valence-corrected chi connectivity index (χ1v) is 5.51. The molecule has 5 nitrogen and oxygen atoms in total. The Hall–Kier alpha value is -2.17. The van der Waals surface area contributed by atoms with E-state index < -0.39 is 29.6 Å². The lowest BCUT2D eigenvalue weighted by atomic mass is 9.96. The van der Waals surface area contributed by atoms with Gasteiger partial charge in [0.25, 0.3) is 0 Å². The lowest BCUT2D eigenvalue weighted by molar-refractivity contribution is -0.146. The van der Waals surface area contributed by atoms with Crippen molar-refractivity contribution in [3.05, 3.63) is 29.8 Å². The number of hydrogen-bond acceptors (Lipinski definition) is 5. The Balaban J connectivity index is 2.12. The Kier molecular flexibility index (Phi) is 3.14. The number of aromatic hydroxyl groups is 1. The molecule has 0 spiro atoms. The summed E-state index contributed by atoms with van der Waals surface area (Å²) < 4.78 is 4.91. The number of benzene rings is 1. The number of carbonyl (C=O) groups excluding carboxylic acids is 3. The van der Waals surface area contributed by atoms with Crippen LogP contribution in [0.1, 0.15) is 12.5 Å². The van der Waals surface area contributed by atoms with Gasteiger partial charge in [0.15, 0.2) is 23.6 Å². The first-order chi connectivity index (χ1) is 8.49. The molecule has 1 saturated heterocycles. The molecule has 2 unspecified atom stereocenters. The van der Waals surface area contributed by atoms with Gasteiger partial charge in [-0.05, 0) is 24.6 Å². The van der Waals surface area contributed by atoms with E-state index in [1.165, 1.54) is 19.1 Å². The summed E-state index contributed by atoms with van der Waals surface area (Å²) in [6.07, 6.45) is -0.690. The van der Waals surface area contributed by atoms with Gasteiger partial charge >= 0.3 is 5.97 Å². The summed E-state index contributed by atoms with van der Waals surface area (Å²) in [6.45, 7) is 1.20. The number of ether oxygens (including phenoxy) is 1. The van der Waals surface area contributed by atoms with Gasteiger partial charge in [0.2, 0.25) is 0 Å². The number of phenols is 1. The molecule has 1 fully saturated rings. The third-order valence-electron chi connectivity index (χ3n) is 2.86. The second-order valence-electron chi connectivity index (χ2n) is 4.24. The summed E-state index contributed by atoms with van der Waals surface area (Å²) in [5, 5.41) is 9.13. The number of hydrogen-bond donors (Lipinski definition) is 1. The summed E-state index contributed by atoms with van der Waals surface area (Å²) in [6, 6.07) is 6.24. The van der Waals surface area contributed by atoms with Crippen LogP contribution in [0.2, 0.25) is 0 Å². The molecular weight excluding hydrogens is 236 g/mol. The second kappa shape index (κ2) is 4.60. The zero-order valence-corrected chi connectivity index (χ0v) is 9.75. The summed E-state index contributed by atoms with van der Waals surface area (Å²) in [5.41, 5.74) is 0.753. The predicted octanol–water partition coefficient (Wildman–Crippen LogP) is 0.634. The SMILES string of the molecule is CC(=O)C1C(=O)OC(Cc2ccc(O)cc2)C1=O. The van der Waals surface area contributed by atoms with E-state index in [4.69, 9.17) is 9.84 Å². The largest absolute Gasteiger partial charge is 0.508 e. The quantitative estimate of drug-likeness (QED) is 0.627. The third-order valence-corrected chi connectivity index (χ3v) is 2.86. The van der Waals surface area contributed by atoms with Crippen LogP contribution in [0.4, 0.5) is 0 Å². The van der Waals surface area contributed by atoms with Gasteiger partial charge in [0.1, 0.15) is 5.75 Å². The molecule has 0 bridgehead atoms. The normalized spacial score (nSPS) is 22.9. The molecule has 1 heterocycles. The molecule has 2 rings (SSSR count). The fourth-order valence-corrected chi connectivity index (χ4v) is 1.92. The highest BCUT2D eigenvalue weighted by Gasteiger charge is 2.45. The second-order valence-corrected chi connectivity index (χ2v) is 4.24. The molecule has 0 aromatic heterocycles. The Morgan fingerprint density at radius 3 is 2.39 bits per heavy atom. The highest BCUT2D eigenvalue weighted by atomic mass is 16.6. The zero-order chi connectivity index (χ0) is 13.3. The van der Waals surface area contributed by atoms with Crippen molar-refractivity contribution in [2.45, 2.75) is 19.4 Å². The number of rotatable bonds is 3. The van der Waals surface area contributed by atoms with E-state index in [1.807, 2.05) is 0 Å². The molecule has 1 aromatic rings. The molecule has 0 aliphatic carbocycles. The summed E-state index contributed by atoms with van der Waals surface area (Å²) in [7, 11) is 0. The van der Waals surface area contributed by atoms with Crippen LogP contribution < -0.4 is 0 Å². The lowest BCUT2D eigenvalue weighted by Crippen LogP contribution is -2.27. The van der Waals surface area contributed by atoms with E-state index in [2.05, 4.69) is 0 Å². The molecule has 1 aromatic carbocycles. The van der Waals surface area contributed by atoms with Crippen molar-refractivity contribution in [1.82, 2.24) is 0 Å². The average molecular weight is 248 g/mol. The number of ketones is 2. The van der Waals surface area contributed by atoms with Crippen LogP contribution in [-0.2, 0) is 25.5 Å². The maximum Gasteiger partial charge on any atom is 0.325 e. The topological polar surface area (TPSA) is 80.7 Å². The molecule has 0 saturated carbocycles. The van der Waals surface area contributed by atoms with Gasteiger partial charge in [-0.15, -0.1) is 0 Å². The molecule has 1 N–H and O–H groups in total. The molecular formula is C13H12O5. The number of Topliss-reactive ketones (excluding diaryl/α,β-unsaturated/α-hetero) is 2. The van der Waals surface area contributed by atoms with Crippen LogP contribution in [0.3, 0.4) is 0 Å². The van der Waals surface area contributed by atoms with E-state index >= 15 is 0 Å². The number of phenolic OH excluding ortho intramolecular Hbond substituents is 1. The van der Waals surface area contributed by atoms with Crippen LogP contribution in [0.25, 0.3) is 0 Å². The molecule has 18 heavy (non-hydrogen) atoms. The van der Waals surface area contributed by atoms with E-state index in [-0.39, 0.29) is 12.2 Å². The minimum atomic E-state index is -1.27. The van der Waals surface area contributed by atoms with Crippen LogP contribution in [-0.4, -0.2) is 28.7 Å². The molecule has 2 atom stereocenters. The van der Waals surface area contributed by atoms with Gasteiger partial charge in [-0.3, -0.25) is 14.4 Å². The molecule has 1 aliphatic heterocycles. The molecule has 0 radical (unpaired) electrons. The minimum Gasteiger partial charge on any atom is -0.508 e. The summed E-state index contributed by atoms with van der Waals surface area (Å²) in [4.78, 5) is 34.3. The lowest BCUT2D eigenvalue weighted by Gasteiger charge is -2.07. The number of esters is 1. The van der Waals surface area contributed by atoms with Gasteiger partial charge < -0.3 is 9.84 Å². The van der Waals surface area contributed by atoms with E-state index in [1.54, 1.807) is 12.1 Å². The van der Waals surface area contributed by atoms with Crippen LogP contribution >= 0.6 is 0 Å². The van der Waals surface area contributed by atoms with Crippen molar-refractivity contribution in [2.24, 2.45) is 5.92 Å². The van der Waals surface area contributed by atoms with Gasteiger partial charge in [-0.2, -0.15) is 0 Å².